The Morgan fingerprint density at radius 1 is 0.529 bits per heavy atom. The zero-order valence-corrected chi connectivity index (χ0v) is 20.5. The molecule has 0 aliphatic rings. The number of carbonyl (C=O) groups is 2. The highest BCUT2D eigenvalue weighted by Crippen LogP contribution is 2.45. The normalized spacial score (nSPS) is 10.5. The Kier molecular flexibility index (Phi) is 7.72. The maximum atomic E-state index is 12.8. The number of aryl methyl sites for hydroxylation is 2. The zero-order chi connectivity index (χ0) is 23.9. The van der Waals surface area contributed by atoms with Crippen molar-refractivity contribution in [1.82, 2.24) is 0 Å². The van der Waals surface area contributed by atoms with Crippen molar-refractivity contribution in [2.45, 2.75) is 23.6 Å². The minimum Gasteiger partial charge on any atom is -0.321 e. The molecule has 0 bridgehead atoms. The summed E-state index contributed by atoms with van der Waals surface area (Å²) in [6.07, 6.45) is 0. The summed E-state index contributed by atoms with van der Waals surface area (Å²) in [6, 6.07) is 30.2. The summed E-state index contributed by atoms with van der Waals surface area (Å²) in [5, 5.41) is 6.14. The van der Waals surface area contributed by atoms with Crippen LogP contribution < -0.4 is 10.6 Å². The van der Waals surface area contributed by atoms with Crippen molar-refractivity contribution in [2.75, 3.05) is 10.6 Å². The first-order chi connectivity index (χ1) is 16.5. The van der Waals surface area contributed by atoms with E-state index in [4.69, 9.17) is 0 Å². The summed E-state index contributed by atoms with van der Waals surface area (Å²) in [7, 11) is 3.10. The van der Waals surface area contributed by atoms with Gasteiger partial charge in [0, 0.05) is 20.9 Å². The van der Waals surface area contributed by atoms with Crippen molar-refractivity contribution < 1.29 is 9.59 Å². The first-order valence-corrected chi connectivity index (χ1v) is 12.9. The first kappa shape index (κ1) is 23.7. The number of benzene rings is 4. The molecule has 4 aromatic rings. The van der Waals surface area contributed by atoms with E-state index in [0.717, 1.165) is 32.3 Å². The van der Waals surface area contributed by atoms with Crippen LogP contribution in [0.3, 0.4) is 0 Å². The van der Waals surface area contributed by atoms with Gasteiger partial charge in [0.2, 0.25) is 0 Å². The van der Waals surface area contributed by atoms with E-state index in [2.05, 4.69) is 10.6 Å². The van der Waals surface area contributed by atoms with Gasteiger partial charge in [0.05, 0.1) is 11.4 Å². The molecule has 0 saturated heterocycles. The zero-order valence-electron chi connectivity index (χ0n) is 18.9. The number of anilines is 2. The third-order valence-corrected chi connectivity index (χ3v) is 7.69. The van der Waals surface area contributed by atoms with Gasteiger partial charge >= 0.3 is 0 Å². The van der Waals surface area contributed by atoms with Crippen LogP contribution >= 0.6 is 21.6 Å². The molecule has 0 aliphatic carbocycles. The van der Waals surface area contributed by atoms with Crippen LogP contribution in [-0.2, 0) is 0 Å². The van der Waals surface area contributed by atoms with Gasteiger partial charge in [-0.15, -0.1) is 0 Å². The standard InChI is InChI=1S/C28H24N2O2S2/c1-19-11-9-17-23(25(19)29-27(31)21-13-5-3-6-14-21)33-34-24-18-10-12-20(2)26(24)30-28(32)22-15-7-4-8-16-22/h3-18H,1-2H3,(H,29,31)(H,30,32). The molecule has 0 fully saturated rings. The van der Waals surface area contributed by atoms with E-state index in [1.807, 2.05) is 86.6 Å². The molecular formula is C28H24N2O2S2. The van der Waals surface area contributed by atoms with Crippen LogP contribution in [0.1, 0.15) is 31.8 Å². The number of rotatable bonds is 7. The number of amides is 2. The van der Waals surface area contributed by atoms with E-state index < -0.39 is 0 Å². The first-order valence-electron chi connectivity index (χ1n) is 10.8. The Morgan fingerprint density at radius 3 is 1.29 bits per heavy atom. The Balaban J connectivity index is 1.54. The smallest absolute Gasteiger partial charge is 0.255 e. The van der Waals surface area contributed by atoms with E-state index in [-0.39, 0.29) is 11.8 Å². The van der Waals surface area contributed by atoms with Gasteiger partial charge in [-0.3, -0.25) is 9.59 Å². The van der Waals surface area contributed by atoms with Gasteiger partial charge in [-0.1, -0.05) is 82.3 Å². The number of para-hydroxylation sites is 2. The van der Waals surface area contributed by atoms with Crippen LogP contribution in [0, 0.1) is 13.8 Å². The van der Waals surface area contributed by atoms with E-state index >= 15 is 0 Å². The monoisotopic (exact) mass is 484 g/mol. The van der Waals surface area contributed by atoms with E-state index in [1.54, 1.807) is 45.9 Å². The van der Waals surface area contributed by atoms with Crippen molar-refractivity contribution in [3.8, 4) is 0 Å². The van der Waals surface area contributed by atoms with Crippen molar-refractivity contribution >= 4 is 44.8 Å². The third kappa shape index (κ3) is 5.71. The molecule has 4 aromatic carbocycles. The van der Waals surface area contributed by atoms with E-state index in [1.165, 1.54) is 0 Å². The summed E-state index contributed by atoms with van der Waals surface area (Å²) in [5.74, 6) is -0.291. The van der Waals surface area contributed by atoms with E-state index in [9.17, 15) is 9.59 Å². The van der Waals surface area contributed by atoms with Gasteiger partial charge in [0.15, 0.2) is 0 Å². The molecule has 0 unspecified atom stereocenters. The molecule has 0 radical (unpaired) electrons. The number of hydrogen-bond donors (Lipinski definition) is 2. The van der Waals surface area contributed by atoms with Gasteiger partial charge in [-0.2, -0.15) is 0 Å². The quantitative estimate of drug-likeness (QED) is 0.265. The van der Waals surface area contributed by atoms with Crippen molar-refractivity contribution in [3.63, 3.8) is 0 Å². The highest BCUT2D eigenvalue weighted by atomic mass is 33.1. The van der Waals surface area contributed by atoms with E-state index in [0.29, 0.717) is 11.1 Å². The molecule has 0 aromatic heterocycles. The number of hydrogen-bond acceptors (Lipinski definition) is 4. The second-order valence-corrected chi connectivity index (χ2v) is 9.92. The summed E-state index contributed by atoms with van der Waals surface area (Å²) in [5.41, 5.74) is 4.76. The molecule has 6 heteroatoms. The predicted molar refractivity (Wildman–Crippen MR) is 143 cm³/mol. The van der Waals surface area contributed by atoms with Crippen LogP contribution in [0.25, 0.3) is 0 Å². The SMILES string of the molecule is Cc1cccc(SSc2cccc(C)c2NC(=O)c2ccccc2)c1NC(=O)c1ccccc1. The predicted octanol–water partition coefficient (Wildman–Crippen LogP) is 7.61. The van der Waals surface area contributed by atoms with Gasteiger partial charge in [0.1, 0.15) is 0 Å². The minimum atomic E-state index is -0.145. The van der Waals surface area contributed by atoms with Crippen LogP contribution in [0.4, 0.5) is 11.4 Å². The molecule has 0 aliphatic heterocycles. The molecular weight excluding hydrogens is 460 g/mol. The molecule has 4 rings (SSSR count). The minimum absolute atomic E-state index is 0.145. The van der Waals surface area contributed by atoms with Gasteiger partial charge < -0.3 is 10.6 Å². The largest absolute Gasteiger partial charge is 0.321 e. The van der Waals surface area contributed by atoms with Crippen molar-refractivity contribution in [3.05, 3.63) is 119 Å². The molecule has 4 nitrogen and oxygen atoms in total. The van der Waals surface area contributed by atoms with Gasteiger partial charge in [-0.05, 0) is 61.4 Å². The molecule has 2 amide bonds. The lowest BCUT2D eigenvalue weighted by Crippen LogP contribution is -2.13. The average molecular weight is 485 g/mol. The fourth-order valence-electron chi connectivity index (χ4n) is 3.38. The lowest BCUT2D eigenvalue weighted by molar-refractivity contribution is 0.101. The van der Waals surface area contributed by atoms with Crippen molar-refractivity contribution in [2.24, 2.45) is 0 Å². The topological polar surface area (TPSA) is 58.2 Å². The molecule has 34 heavy (non-hydrogen) atoms. The Bertz CT molecular complexity index is 1210. The molecule has 0 heterocycles. The average Bonchev–Trinajstić information content (AvgIpc) is 2.87. The second-order valence-electron chi connectivity index (χ2n) is 7.70. The molecule has 170 valence electrons. The maximum absolute atomic E-state index is 12.8. The summed E-state index contributed by atoms with van der Waals surface area (Å²) in [4.78, 5) is 27.4. The lowest BCUT2D eigenvalue weighted by Gasteiger charge is -2.16. The Morgan fingerprint density at radius 2 is 0.912 bits per heavy atom. The summed E-state index contributed by atoms with van der Waals surface area (Å²) in [6.45, 7) is 3.96. The van der Waals surface area contributed by atoms with Crippen molar-refractivity contribution in [1.29, 1.82) is 0 Å². The summed E-state index contributed by atoms with van der Waals surface area (Å²) < 4.78 is 0. The van der Waals surface area contributed by atoms with Gasteiger partial charge in [-0.25, -0.2) is 0 Å². The van der Waals surface area contributed by atoms with Crippen LogP contribution in [0.2, 0.25) is 0 Å². The fourth-order valence-corrected chi connectivity index (χ4v) is 5.79. The molecule has 0 saturated carbocycles. The molecule has 0 atom stereocenters. The van der Waals surface area contributed by atoms with Crippen LogP contribution in [0.15, 0.2) is 107 Å². The highest BCUT2D eigenvalue weighted by molar-refractivity contribution is 8.76. The van der Waals surface area contributed by atoms with Crippen LogP contribution in [-0.4, -0.2) is 11.8 Å². The Labute approximate surface area is 207 Å². The lowest BCUT2D eigenvalue weighted by atomic mass is 10.1. The highest BCUT2D eigenvalue weighted by Gasteiger charge is 2.15. The molecule has 0 spiro atoms. The van der Waals surface area contributed by atoms with Crippen LogP contribution in [0.5, 0.6) is 0 Å². The summed E-state index contributed by atoms with van der Waals surface area (Å²) >= 11 is 0. The third-order valence-electron chi connectivity index (χ3n) is 5.24. The fraction of sp³-hybridized carbons (Fsp3) is 0.0714. The van der Waals surface area contributed by atoms with Gasteiger partial charge in [0.25, 0.3) is 11.8 Å². The maximum Gasteiger partial charge on any atom is 0.255 e. The number of carbonyl (C=O) groups excluding carboxylic acids is 2. The molecule has 2 N–H and O–H groups in total. The second kappa shape index (κ2) is 11.1. The Hall–Kier alpha value is -3.48. The number of nitrogens with one attached hydrogen (secondary N) is 2.